The fourth-order valence-corrected chi connectivity index (χ4v) is 8.09. The molecule has 1 amide bonds. The topological polar surface area (TPSA) is 79.0 Å². The van der Waals surface area contributed by atoms with Crippen molar-refractivity contribution in [1.29, 1.82) is 0 Å². The maximum Gasteiger partial charge on any atom is 0.264 e. The van der Waals surface area contributed by atoms with Gasteiger partial charge in [-0.25, -0.2) is 13.1 Å². The van der Waals surface area contributed by atoms with Crippen LogP contribution in [0, 0.1) is 18.3 Å². The van der Waals surface area contributed by atoms with Crippen LogP contribution in [-0.2, 0) is 26.7 Å². The molecular formula is C32H39ClN3O4S. The Labute approximate surface area is 248 Å². The van der Waals surface area contributed by atoms with E-state index in [4.69, 9.17) is 16.3 Å². The highest BCUT2D eigenvalue weighted by Gasteiger charge is 2.44. The molecule has 2 aromatic carbocycles. The highest BCUT2D eigenvalue weighted by molar-refractivity contribution is 7.90. The van der Waals surface area contributed by atoms with Gasteiger partial charge in [0.05, 0.1) is 22.7 Å². The average Bonchev–Trinajstić information content (AvgIpc) is 3.07. The fourth-order valence-electron chi connectivity index (χ4n) is 6.77. The van der Waals surface area contributed by atoms with Crippen LogP contribution >= 0.6 is 11.6 Å². The Kier molecular flexibility index (Phi) is 7.40. The Bertz CT molecular complexity index is 1490. The van der Waals surface area contributed by atoms with Crippen LogP contribution in [-0.4, -0.2) is 58.1 Å². The molecule has 2 aliphatic heterocycles. The van der Waals surface area contributed by atoms with Crippen molar-refractivity contribution >= 4 is 33.2 Å². The largest absolute Gasteiger partial charge is 0.490 e. The smallest absolute Gasteiger partial charge is 0.264 e. The summed E-state index contributed by atoms with van der Waals surface area (Å²) in [5, 5.41) is 0.746. The van der Waals surface area contributed by atoms with Gasteiger partial charge in [-0.3, -0.25) is 9.69 Å². The van der Waals surface area contributed by atoms with Crippen molar-refractivity contribution in [3.63, 3.8) is 0 Å². The van der Waals surface area contributed by atoms with E-state index in [0.717, 1.165) is 55.9 Å². The Morgan fingerprint density at radius 1 is 1.12 bits per heavy atom. The molecule has 0 saturated heterocycles. The normalized spacial score (nSPS) is 30.1. The van der Waals surface area contributed by atoms with Gasteiger partial charge in [0.2, 0.25) is 0 Å². The summed E-state index contributed by atoms with van der Waals surface area (Å²) in [4.78, 5) is 17.5. The lowest BCUT2D eigenvalue weighted by molar-refractivity contribution is -0.128. The quantitative estimate of drug-likeness (QED) is 0.454. The molecule has 3 atom stereocenters. The van der Waals surface area contributed by atoms with Gasteiger partial charge in [0.15, 0.2) is 0 Å². The lowest BCUT2D eigenvalue weighted by Gasteiger charge is -2.44. The monoisotopic (exact) mass is 596 g/mol. The number of hydrogen-bond donors (Lipinski definition) is 1. The Balaban J connectivity index is 1.43. The van der Waals surface area contributed by atoms with E-state index in [1.54, 1.807) is 32.0 Å². The number of hydrogen-bond acceptors (Lipinski definition) is 6. The van der Waals surface area contributed by atoms with Gasteiger partial charge in [-0.2, -0.15) is 0 Å². The zero-order chi connectivity index (χ0) is 29.0. The molecule has 1 spiro atoms. The van der Waals surface area contributed by atoms with Crippen molar-refractivity contribution in [2.45, 2.75) is 61.8 Å². The van der Waals surface area contributed by atoms with E-state index in [-0.39, 0.29) is 10.3 Å². The minimum Gasteiger partial charge on any atom is -0.490 e. The van der Waals surface area contributed by atoms with Gasteiger partial charge >= 0.3 is 0 Å². The second-order valence-electron chi connectivity index (χ2n) is 12.7. The number of nitrogens with zero attached hydrogens (tertiary/aromatic N) is 2. The van der Waals surface area contributed by atoms with Crippen LogP contribution in [0.5, 0.6) is 5.75 Å². The maximum atomic E-state index is 13.6. The first kappa shape index (κ1) is 28.6. The number of halogens is 1. The average molecular weight is 597 g/mol. The second-order valence-corrected chi connectivity index (χ2v) is 14.8. The van der Waals surface area contributed by atoms with E-state index < -0.39 is 21.5 Å². The number of aryl methyl sites for hydroxylation is 1. The predicted molar refractivity (Wildman–Crippen MR) is 162 cm³/mol. The van der Waals surface area contributed by atoms with E-state index in [1.807, 2.05) is 24.1 Å². The van der Waals surface area contributed by atoms with Crippen LogP contribution in [0.3, 0.4) is 0 Å². The minimum absolute atomic E-state index is 0.0622. The third kappa shape index (κ3) is 5.28. The number of nitrogens with one attached hydrogen (secondary N) is 1. The molecule has 1 radical (unpaired) electrons. The van der Waals surface area contributed by atoms with Gasteiger partial charge in [0.25, 0.3) is 15.9 Å². The van der Waals surface area contributed by atoms with Gasteiger partial charge in [-0.15, -0.1) is 0 Å². The molecule has 7 nitrogen and oxygen atoms in total. The van der Waals surface area contributed by atoms with Gasteiger partial charge in [0.1, 0.15) is 5.75 Å². The molecule has 41 heavy (non-hydrogen) atoms. The summed E-state index contributed by atoms with van der Waals surface area (Å²) in [6.07, 6.45) is 11.7. The SMILES string of the molecule is CN1C/C=C/[CH][C@@H]2CC[C@H]2CN2C[C@@]3(CCCc4cc(Cl)ccc43)COc3ccc(cc32)S(=O)(=O)NC(=O)C1(C)C. The van der Waals surface area contributed by atoms with Gasteiger partial charge in [-0.1, -0.05) is 29.8 Å². The van der Waals surface area contributed by atoms with Crippen molar-refractivity contribution in [2.75, 3.05) is 38.2 Å². The molecule has 2 heterocycles. The van der Waals surface area contributed by atoms with E-state index in [2.05, 4.69) is 34.3 Å². The summed E-state index contributed by atoms with van der Waals surface area (Å²) in [5.74, 6) is 1.02. The fraction of sp³-hybridized carbons (Fsp3) is 0.500. The first-order valence-electron chi connectivity index (χ1n) is 14.6. The van der Waals surface area contributed by atoms with Crippen LogP contribution in [0.25, 0.3) is 0 Å². The molecule has 1 saturated carbocycles. The number of anilines is 1. The molecule has 1 N–H and O–H groups in total. The van der Waals surface area contributed by atoms with Crippen LogP contribution < -0.4 is 14.4 Å². The Morgan fingerprint density at radius 2 is 1.95 bits per heavy atom. The predicted octanol–water partition coefficient (Wildman–Crippen LogP) is 5.13. The van der Waals surface area contributed by atoms with Crippen LogP contribution in [0.15, 0.2) is 53.4 Å². The third-order valence-corrected chi connectivity index (χ3v) is 11.4. The third-order valence-electron chi connectivity index (χ3n) is 9.86. The number of allylic oxidation sites excluding steroid dienone is 1. The number of fused-ring (bicyclic) bond motifs is 4. The second kappa shape index (κ2) is 10.6. The van der Waals surface area contributed by atoms with Crippen LogP contribution in [0.4, 0.5) is 5.69 Å². The van der Waals surface area contributed by atoms with Crippen molar-refractivity contribution in [3.05, 3.63) is 71.1 Å². The minimum atomic E-state index is -4.11. The summed E-state index contributed by atoms with van der Waals surface area (Å²) in [6.45, 7) is 6.05. The summed E-state index contributed by atoms with van der Waals surface area (Å²) < 4.78 is 36.0. The molecule has 6 rings (SSSR count). The van der Waals surface area contributed by atoms with Gasteiger partial charge < -0.3 is 9.64 Å². The molecule has 219 valence electrons. The van der Waals surface area contributed by atoms with Crippen molar-refractivity contribution in [3.8, 4) is 5.75 Å². The van der Waals surface area contributed by atoms with Crippen LogP contribution in [0.2, 0.25) is 5.02 Å². The molecule has 0 aromatic heterocycles. The number of rotatable bonds is 0. The number of carbonyl (C=O) groups excluding carboxylic acids is 1. The number of sulfonamides is 1. The number of benzene rings is 2. The molecular weight excluding hydrogens is 558 g/mol. The molecule has 2 aliphatic carbocycles. The summed E-state index contributed by atoms with van der Waals surface area (Å²) in [7, 11) is -2.28. The van der Waals surface area contributed by atoms with Crippen molar-refractivity contribution in [2.24, 2.45) is 11.8 Å². The van der Waals surface area contributed by atoms with E-state index in [9.17, 15) is 13.2 Å². The lowest BCUT2D eigenvalue weighted by atomic mass is 9.69. The van der Waals surface area contributed by atoms with Gasteiger partial charge in [-0.05, 0) is 113 Å². The zero-order valence-corrected chi connectivity index (χ0v) is 25.6. The highest BCUT2D eigenvalue weighted by atomic mass is 35.5. The zero-order valence-electron chi connectivity index (χ0n) is 24.0. The standard InChI is InChI=1S/C32H39ClN3O4S/c1-31(2)30(37)34-41(38,39)26-12-14-29-28(18-26)36(19-24-10-9-22(24)7-4-5-16-35(31)3)20-32(21-40-29)15-6-8-23-17-25(33)11-13-27(23)32/h4-5,7,11-14,17-18,22,24H,6,8-10,15-16,19-21H2,1-3H3,(H,34,37)/b5-4+/t22-,24+,32+/m1/s1. The molecule has 1 fully saturated rings. The van der Waals surface area contributed by atoms with Crippen molar-refractivity contribution in [1.82, 2.24) is 9.62 Å². The van der Waals surface area contributed by atoms with E-state index in [0.29, 0.717) is 30.7 Å². The Morgan fingerprint density at radius 3 is 2.73 bits per heavy atom. The van der Waals surface area contributed by atoms with Crippen molar-refractivity contribution < 1.29 is 17.9 Å². The van der Waals surface area contributed by atoms with Crippen LogP contribution in [0.1, 0.15) is 50.7 Å². The number of ether oxygens (including phenoxy) is 1. The van der Waals surface area contributed by atoms with E-state index in [1.165, 1.54) is 11.1 Å². The number of carbonyl (C=O) groups is 1. The maximum absolute atomic E-state index is 13.6. The number of likely N-dealkylation sites (N-methyl/N-ethyl adjacent to an activating group) is 1. The highest BCUT2D eigenvalue weighted by Crippen LogP contribution is 2.46. The molecule has 0 unspecified atom stereocenters. The molecule has 9 heteroatoms. The number of amides is 1. The molecule has 4 aliphatic rings. The van der Waals surface area contributed by atoms with E-state index >= 15 is 0 Å². The lowest BCUT2D eigenvalue weighted by Crippen LogP contribution is -2.54. The molecule has 2 bridgehead atoms. The first-order valence-corrected chi connectivity index (χ1v) is 16.4. The first-order chi connectivity index (χ1) is 19.5. The summed E-state index contributed by atoms with van der Waals surface area (Å²) >= 11 is 6.39. The summed E-state index contributed by atoms with van der Waals surface area (Å²) in [6, 6.07) is 11.2. The Hall–Kier alpha value is -2.55. The summed E-state index contributed by atoms with van der Waals surface area (Å²) in [5.41, 5.74) is 2.05. The molecule has 2 aromatic rings. The van der Waals surface area contributed by atoms with Gasteiger partial charge in [0, 0.05) is 30.1 Å².